The molecule has 5 heteroatoms. The molecule has 2 N–H and O–H groups in total. The van der Waals surface area contributed by atoms with Crippen LogP contribution in [0.15, 0.2) is 53.3 Å². The van der Waals surface area contributed by atoms with Gasteiger partial charge in [-0.15, -0.1) is 0 Å². The quantitative estimate of drug-likeness (QED) is 0.774. The largest absolute Gasteiger partial charge is 0.348 e. The second-order valence-corrected chi connectivity index (χ2v) is 5.41. The van der Waals surface area contributed by atoms with Crippen molar-refractivity contribution in [3.05, 3.63) is 64.4 Å². The summed E-state index contributed by atoms with van der Waals surface area (Å²) in [6, 6.07) is 11.7. The zero-order valence-corrected chi connectivity index (χ0v) is 12.1. The number of aromatic amines is 1. The number of hydrogen-bond acceptors (Lipinski definition) is 2. The lowest BCUT2D eigenvalue weighted by molar-refractivity contribution is 0.0951. The monoisotopic (exact) mass is 329 g/mol. The van der Waals surface area contributed by atoms with Gasteiger partial charge in [-0.2, -0.15) is 5.10 Å². The van der Waals surface area contributed by atoms with E-state index in [0.29, 0.717) is 12.1 Å². The minimum Gasteiger partial charge on any atom is -0.348 e. The van der Waals surface area contributed by atoms with Crippen LogP contribution in [0.1, 0.15) is 15.9 Å². The fourth-order valence-corrected chi connectivity index (χ4v) is 2.40. The molecule has 4 nitrogen and oxygen atoms in total. The summed E-state index contributed by atoms with van der Waals surface area (Å²) in [7, 11) is 0. The van der Waals surface area contributed by atoms with Crippen molar-refractivity contribution in [1.29, 1.82) is 0 Å². The van der Waals surface area contributed by atoms with Crippen LogP contribution in [0.5, 0.6) is 0 Å². The van der Waals surface area contributed by atoms with Crippen molar-refractivity contribution < 1.29 is 4.79 Å². The highest BCUT2D eigenvalue weighted by atomic mass is 79.9. The topological polar surface area (TPSA) is 57.8 Å². The Bertz CT molecular complexity index is 753. The van der Waals surface area contributed by atoms with Gasteiger partial charge in [0.15, 0.2) is 0 Å². The van der Waals surface area contributed by atoms with Gasteiger partial charge in [-0.05, 0) is 35.0 Å². The van der Waals surface area contributed by atoms with E-state index in [9.17, 15) is 4.79 Å². The first kappa shape index (κ1) is 12.9. The lowest BCUT2D eigenvalue weighted by Crippen LogP contribution is -2.22. The van der Waals surface area contributed by atoms with E-state index < -0.39 is 0 Å². The first-order valence-electron chi connectivity index (χ1n) is 6.17. The Morgan fingerprint density at radius 3 is 2.80 bits per heavy atom. The number of halogens is 1. The number of benzene rings is 2. The number of fused-ring (bicyclic) bond motifs is 1. The Morgan fingerprint density at radius 2 is 2.00 bits per heavy atom. The van der Waals surface area contributed by atoms with Gasteiger partial charge in [0.1, 0.15) is 0 Å². The Hall–Kier alpha value is -2.14. The van der Waals surface area contributed by atoms with Crippen LogP contribution in [0.3, 0.4) is 0 Å². The number of aromatic nitrogens is 2. The van der Waals surface area contributed by atoms with Gasteiger partial charge in [-0.25, -0.2) is 0 Å². The molecule has 20 heavy (non-hydrogen) atoms. The van der Waals surface area contributed by atoms with Crippen molar-refractivity contribution in [2.24, 2.45) is 0 Å². The van der Waals surface area contributed by atoms with E-state index in [1.807, 2.05) is 36.4 Å². The van der Waals surface area contributed by atoms with Crippen LogP contribution in [-0.4, -0.2) is 16.1 Å². The predicted octanol–water partition coefficient (Wildman–Crippen LogP) is 3.26. The number of hydrogen-bond donors (Lipinski definition) is 2. The number of amides is 1. The SMILES string of the molecule is O=C(NCc1cn[nH]c1)c1ccc2cc(Br)ccc2c1. The first-order chi connectivity index (χ1) is 9.72. The summed E-state index contributed by atoms with van der Waals surface area (Å²) in [6.45, 7) is 0.466. The van der Waals surface area contributed by atoms with Gasteiger partial charge in [-0.3, -0.25) is 9.89 Å². The molecule has 0 unspecified atom stereocenters. The molecule has 1 aromatic heterocycles. The number of H-pyrrole nitrogens is 1. The fourth-order valence-electron chi connectivity index (χ4n) is 2.02. The van der Waals surface area contributed by atoms with Gasteiger partial charge in [-0.1, -0.05) is 28.1 Å². The molecule has 0 atom stereocenters. The predicted molar refractivity (Wildman–Crippen MR) is 81.4 cm³/mol. The maximum absolute atomic E-state index is 12.1. The minimum atomic E-state index is -0.0870. The Balaban J connectivity index is 1.79. The van der Waals surface area contributed by atoms with Crippen LogP contribution in [-0.2, 0) is 6.54 Å². The van der Waals surface area contributed by atoms with Gasteiger partial charge in [0.05, 0.1) is 6.20 Å². The molecule has 0 saturated carbocycles. The zero-order valence-electron chi connectivity index (χ0n) is 10.6. The third-order valence-electron chi connectivity index (χ3n) is 3.07. The lowest BCUT2D eigenvalue weighted by atomic mass is 10.1. The highest BCUT2D eigenvalue weighted by Crippen LogP contribution is 2.21. The Labute approximate surface area is 124 Å². The molecule has 0 fully saturated rings. The molecule has 0 spiro atoms. The van der Waals surface area contributed by atoms with Gasteiger partial charge in [0, 0.05) is 28.3 Å². The van der Waals surface area contributed by atoms with E-state index in [1.54, 1.807) is 12.4 Å². The summed E-state index contributed by atoms with van der Waals surface area (Å²) in [5.74, 6) is -0.0870. The van der Waals surface area contributed by atoms with E-state index in [4.69, 9.17) is 0 Å². The first-order valence-corrected chi connectivity index (χ1v) is 6.97. The molecule has 0 radical (unpaired) electrons. The molecule has 3 aromatic rings. The highest BCUT2D eigenvalue weighted by molar-refractivity contribution is 9.10. The van der Waals surface area contributed by atoms with E-state index in [-0.39, 0.29) is 5.91 Å². The number of nitrogens with one attached hydrogen (secondary N) is 2. The fraction of sp³-hybridized carbons (Fsp3) is 0.0667. The molecule has 0 bridgehead atoms. The standard InChI is InChI=1S/C15H12BrN3O/c16-14-4-3-11-5-13(2-1-12(11)6-14)15(20)17-7-10-8-18-19-9-10/h1-6,8-9H,7H2,(H,17,20)(H,18,19). The number of nitrogens with zero attached hydrogens (tertiary/aromatic N) is 1. The average Bonchev–Trinajstić information content (AvgIpc) is 2.97. The van der Waals surface area contributed by atoms with Crippen LogP contribution in [0.4, 0.5) is 0 Å². The van der Waals surface area contributed by atoms with Crippen LogP contribution < -0.4 is 5.32 Å². The van der Waals surface area contributed by atoms with Crippen LogP contribution >= 0.6 is 15.9 Å². The molecule has 0 aliphatic heterocycles. The van der Waals surface area contributed by atoms with Crippen molar-refractivity contribution in [1.82, 2.24) is 15.5 Å². The van der Waals surface area contributed by atoms with E-state index >= 15 is 0 Å². The molecule has 0 aliphatic carbocycles. The van der Waals surface area contributed by atoms with Crippen LogP contribution in [0, 0.1) is 0 Å². The van der Waals surface area contributed by atoms with Gasteiger partial charge >= 0.3 is 0 Å². The summed E-state index contributed by atoms with van der Waals surface area (Å²) in [6.07, 6.45) is 3.45. The van der Waals surface area contributed by atoms with Crippen LogP contribution in [0.25, 0.3) is 10.8 Å². The molecule has 0 aliphatic rings. The Kier molecular flexibility index (Phi) is 3.52. The highest BCUT2D eigenvalue weighted by Gasteiger charge is 2.06. The second kappa shape index (κ2) is 5.46. The minimum absolute atomic E-state index is 0.0870. The smallest absolute Gasteiger partial charge is 0.251 e. The van der Waals surface area contributed by atoms with Crippen molar-refractivity contribution >= 4 is 32.6 Å². The maximum atomic E-state index is 12.1. The summed E-state index contributed by atoms with van der Waals surface area (Å²) in [5.41, 5.74) is 1.60. The maximum Gasteiger partial charge on any atom is 0.251 e. The number of carbonyl (C=O) groups is 1. The number of carbonyl (C=O) groups excluding carboxylic acids is 1. The number of rotatable bonds is 3. The molecule has 2 aromatic carbocycles. The summed E-state index contributed by atoms with van der Waals surface area (Å²) < 4.78 is 1.03. The second-order valence-electron chi connectivity index (χ2n) is 4.50. The summed E-state index contributed by atoms with van der Waals surface area (Å²) in [5, 5.41) is 11.6. The lowest BCUT2D eigenvalue weighted by Gasteiger charge is -2.05. The van der Waals surface area contributed by atoms with Crippen molar-refractivity contribution in [2.45, 2.75) is 6.54 Å². The van der Waals surface area contributed by atoms with Crippen molar-refractivity contribution in [3.63, 3.8) is 0 Å². The zero-order chi connectivity index (χ0) is 13.9. The van der Waals surface area contributed by atoms with Crippen LogP contribution in [0.2, 0.25) is 0 Å². The van der Waals surface area contributed by atoms with E-state index in [1.165, 1.54) is 0 Å². The summed E-state index contributed by atoms with van der Waals surface area (Å²) >= 11 is 3.44. The van der Waals surface area contributed by atoms with Gasteiger partial charge < -0.3 is 5.32 Å². The molecule has 3 rings (SSSR count). The third kappa shape index (κ3) is 2.72. The molecular formula is C15H12BrN3O. The van der Waals surface area contributed by atoms with Crippen molar-refractivity contribution in [2.75, 3.05) is 0 Å². The van der Waals surface area contributed by atoms with Gasteiger partial charge in [0.2, 0.25) is 0 Å². The normalized spacial score (nSPS) is 10.7. The van der Waals surface area contributed by atoms with Gasteiger partial charge in [0.25, 0.3) is 5.91 Å². The molecule has 100 valence electrons. The molecular weight excluding hydrogens is 318 g/mol. The van der Waals surface area contributed by atoms with Crippen molar-refractivity contribution in [3.8, 4) is 0 Å². The Morgan fingerprint density at radius 1 is 1.20 bits per heavy atom. The van der Waals surface area contributed by atoms with E-state index in [0.717, 1.165) is 20.8 Å². The molecule has 1 amide bonds. The van der Waals surface area contributed by atoms with E-state index in [2.05, 4.69) is 31.4 Å². The average molecular weight is 330 g/mol. The third-order valence-corrected chi connectivity index (χ3v) is 3.57. The summed E-state index contributed by atoms with van der Waals surface area (Å²) in [4.78, 5) is 12.1. The molecule has 1 heterocycles. The molecule has 0 saturated heterocycles.